The highest BCUT2D eigenvalue weighted by Crippen LogP contribution is 2.25. The number of nitrogens with one attached hydrogen (secondary N) is 3. The number of fused-ring (bicyclic) bond motifs is 1. The molecule has 0 aliphatic heterocycles. The van der Waals surface area contributed by atoms with E-state index in [0.717, 1.165) is 21.2 Å². The predicted molar refractivity (Wildman–Crippen MR) is 176 cm³/mol. The lowest BCUT2D eigenvalue weighted by Gasteiger charge is -2.27. The summed E-state index contributed by atoms with van der Waals surface area (Å²) in [5.41, 5.74) is 1.58. The molecule has 1 heterocycles. The Morgan fingerprint density at radius 1 is 0.848 bits per heavy atom. The van der Waals surface area contributed by atoms with Crippen molar-refractivity contribution in [3.8, 4) is 0 Å². The number of carbonyl (C=O) groups is 4. The highest BCUT2D eigenvalue weighted by molar-refractivity contribution is 7.09. The average molecular weight is 646 g/mol. The number of benzene rings is 3. The third kappa shape index (κ3) is 9.00. The minimum absolute atomic E-state index is 0.177. The Labute approximate surface area is 271 Å². The molecule has 0 aliphatic carbocycles. The van der Waals surface area contributed by atoms with E-state index in [1.807, 2.05) is 47.8 Å². The maximum absolute atomic E-state index is 13.3. The Morgan fingerprint density at radius 2 is 1.57 bits per heavy atom. The molecule has 10 nitrogen and oxygen atoms in total. The molecule has 11 heteroatoms. The van der Waals surface area contributed by atoms with Crippen molar-refractivity contribution in [1.29, 1.82) is 0 Å². The lowest BCUT2D eigenvalue weighted by Crippen LogP contribution is -2.52. The number of aliphatic hydroxyl groups is 2. The first kappa shape index (κ1) is 34.3. The quantitative estimate of drug-likeness (QED) is 0.131. The first-order chi connectivity index (χ1) is 22.1. The fraction of sp³-hybridized carbons (Fsp3) is 0.314. The molecule has 4 atom stereocenters. The van der Waals surface area contributed by atoms with Gasteiger partial charge in [-0.05, 0) is 51.4 Å². The van der Waals surface area contributed by atoms with Crippen molar-refractivity contribution >= 4 is 45.8 Å². The maximum Gasteiger partial charge on any atom is 0.337 e. The molecule has 5 N–H and O–H groups in total. The van der Waals surface area contributed by atoms with E-state index in [-0.39, 0.29) is 25.3 Å². The number of rotatable bonds is 14. The molecule has 0 saturated heterocycles. The summed E-state index contributed by atoms with van der Waals surface area (Å²) in [5, 5.41) is 34.0. The van der Waals surface area contributed by atoms with Gasteiger partial charge < -0.3 is 30.9 Å². The normalized spacial score (nSPS) is 13.8. The van der Waals surface area contributed by atoms with Gasteiger partial charge in [0.05, 0.1) is 31.2 Å². The molecule has 1 unspecified atom stereocenters. The highest BCUT2D eigenvalue weighted by atomic mass is 32.1. The van der Waals surface area contributed by atoms with Crippen molar-refractivity contribution < 1.29 is 34.1 Å². The average Bonchev–Trinajstić information content (AvgIpc) is 3.58. The van der Waals surface area contributed by atoms with Gasteiger partial charge >= 0.3 is 5.97 Å². The van der Waals surface area contributed by atoms with Crippen LogP contribution >= 0.6 is 11.3 Å². The summed E-state index contributed by atoms with van der Waals surface area (Å²) in [6.07, 6.45) is -2.95. The van der Waals surface area contributed by atoms with E-state index >= 15 is 0 Å². The van der Waals surface area contributed by atoms with E-state index in [4.69, 9.17) is 4.74 Å². The highest BCUT2D eigenvalue weighted by Gasteiger charge is 2.30. The Morgan fingerprint density at radius 3 is 2.24 bits per heavy atom. The summed E-state index contributed by atoms with van der Waals surface area (Å²) in [5.74, 6) is -2.39. The molecular weight excluding hydrogens is 606 g/mol. The van der Waals surface area contributed by atoms with E-state index in [9.17, 15) is 29.4 Å². The van der Waals surface area contributed by atoms with Crippen LogP contribution in [0.5, 0.6) is 0 Å². The molecule has 0 fully saturated rings. The zero-order valence-corrected chi connectivity index (χ0v) is 26.8. The summed E-state index contributed by atoms with van der Waals surface area (Å²) in [4.78, 5) is 52.0. The number of aliphatic hydroxyl groups excluding tert-OH is 2. The molecule has 4 rings (SSSR count). The fourth-order valence-electron chi connectivity index (χ4n) is 5.10. The van der Waals surface area contributed by atoms with Crippen molar-refractivity contribution in [2.24, 2.45) is 5.92 Å². The summed E-state index contributed by atoms with van der Waals surface area (Å²) in [6, 6.07) is 21.3. The van der Waals surface area contributed by atoms with Crippen LogP contribution in [0.25, 0.3) is 10.8 Å². The number of thiophene rings is 1. The number of esters is 1. The largest absolute Gasteiger partial charge is 0.465 e. The van der Waals surface area contributed by atoms with Crippen molar-refractivity contribution in [1.82, 2.24) is 16.0 Å². The van der Waals surface area contributed by atoms with Crippen LogP contribution in [0.4, 0.5) is 0 Å². The van der Waals surface area contributed by atoms with Crippen molar-refractivity contribution in [2.75, 3.05) is 7.11 Å². The number of methoxy groups -OCH3 is 1. The third-order valence-electron chi connectivity index (χ3n) is 7.66. The van der Waals surface area contributed by atoms with Gasteiger partial charge in [0.1, 0.15) is 6.04 Å². The third-order valence-corrected chi connectivity index (χ3v) is 8.56. The fourth-order valence-corrected chi connectivity index (χ4v) is 5.86. The minimum Gasteiger partial charge on any atom is -0.465 e. The molecule has 0 saturated carbocycles. The van der Waals surface area contributed by atoms with Gasteiger partial charge in [-0.15, -0.1) is 11.3 Å². The SMILES string of the molecule is COC(=O)c1ccc(CNC(=O)[C@@H](NC(=O)C[C@H](O)[C@H](Cc2cccs2)NC(=O)C(O)c2cccc3ccccc23)C(C)C)cc1. The van der Waals surface area contributed by atoms with Crippen LogP contribution in [0.15, 0.2) is 84.2 Å². The molecular formula is C35H39N3O7S. The second kappa shape index (κ2) is 16.1. The Balaban J connectivity index is 1.39. The van der Waals surface area contributed by atoms with Crippen LogP contribution in [0.3, 0.4) is 0 Å². The Hall–Kier alpha value is -4.58. The van der Waals surface area contributed by atoms with Gasteiger partial charge in [0, 0.05) is 17.8 Å². The summed E-state index contributed by atoms with van der Waals surface area (Å²) in [6.45, 7) is 3.76. The standard InChI is InChI=1S/C35H39N3O7S/c1-21(2)31(33(42)36-20-22-13-15-24(16-14-22)35(44)45-3)38-30(40)19-29(39)28(18-25-10-7-17-46-25)37-34(43)32(41)27-12-6-9-23-8-4-5-11-26(23)27/h4-17,21,28-29,31-32,39,41H,18-20H2,1-3H3,(H,36,42)(H,37,43)(H,38,40)/t28-,29-,31-,32?/m0/s1. The topological polar surface area (TPSA) is 154 Å². The Bertz CT molecular complexity index is 1630. The number of hydrogen-bond acceptors (Lipinski definition) is 8. The molecule has 242 valence electrons. The van der Waals surface area contributed by atoms with Gasteiger partial charge in [-0.2, -0.15) is 0 Å². The molecule has 46 heavy (non-hydrogen) atoms. The number of carbonyl (C=O) groups excluding carboxylic acids is 4. The van der Waals surface area contributed by atoms with Crippen LogP contribution in [-0.2, 0) is 32.1 Å². The smallest absolute Gasteiger partial charge is 0.337 e. The van der Waals surface area contributed by atoms with Crippen molar-refractivity contribution in [3.05, 3.63) is 106 Å². The van der Waals surface area contributed by atoms with Crippen LogP contribution in [0.1, 0.15) is 52.7 Å². The van der Waals surface area contributed by atoms with Gasteiger partial charge in [0.2, 0.25) is 11.8 Å². The Kier molecular flexibility index (Phi) is 12.0. The maximum atomic E-state index is 13.3. The van der Waals surface area contributed by atoms with Crippen LogP contribution in [0, 0.1) is 5.92 Å². The first-order valence-corrected chi connectivity index (χ1v) is 15.9. The molecule has 3 aromatic carbocycles. The van der Waals surface area contributed by atoms with Crippen molar-refractivity contribution in [2.45, 2.75) is 57.5 Å². The van der Waals surface area contributed by atoms with Crippen molar-refractivity contribution in [3.63, 3.8) is 0 Å². The van der Waals surface area contributed by atoms with E-state index in [1.54, 1.807) is 50.2 Å². The summed E-state index contributed by atoms with van der Waals surface area (Å²) in [7, 11) is 1.30. The number of hydrogen-bond donors (Lipinski definition) is 5. The molecule has 1 aromatic heterocycles. The molecule has 0 spiro atoms. The lowest BCUT2D eigenvalue weighted by atomic mass is 9.98. The monoisotopic (exact) mass is 645 g/mol. The van der Waals surface area contributed by atoms with Gasteiger partial charge in [-0.3, -0.25) is 14.4 Å². The van der Waals surface area contributed by atoms with Gasteiger partial charge in [-0.1, -0.05) is 74.5 Å². The summed E-state index contributed by atoms with van der Waals surface area (Å²) < 4.78 is 4.70. The lowest BCUT2D eigenvalue weighted by molar-refractivity contribution is -0.133. The zero-order valence-electron chi connectivity index (χ0n) is 25.9. The first-order valence-electron chi connectivity index (χ1n) is 15.0. The molecule has 0 radical (unpaired) electrons. The molecule has 0 aliphatic rings. The zero-order chi connectivity index (χ0) is 33.2. The molecule has 0 bridgehead atoms. The van der Waals surface area contributed by atoms with Gasteiger partial charge in [0.25, 0.3) is 5.91 Å². The van der Waals surface area contributed by atoms with E-state index in [1.165, 1.54) is 18.4 Å². The van der Waals surface area contributed by atoms with E-state index in [0.29, 0.717) is 11.1 Å². The number of ether oxygens (including phenoxy) is 1. The van der Waals surface area contributed by atoms with Gasteiger partial charge in [-0.25, -0.2) is 4.79 Å². The van der Waals surface area contributed by atoms with Crippen LogP contribution < -0.4 is 16.0 Å². The second-order valence-electron chi connectivity index (χ2n) is 11.3. The summed E-state index contributed by atoms with van der Waals surface area (Å²) >= 11 is 1.45. The minimum atomic E-state index is -1.50. The van der Waals surface area contributed by atoms with Crippen LogP contribution in [-0.4, -0.2) is 59.2 Å². The van der Waals surface area contributed by atoms with E-state index in [2.05, 4.69) is 16.0 Å². The predicted octanol–water partition coefficient (Wildman–Crippen LogP) is 3.66. The van der Waals surface area contributed by atoms with E-state index < -0.39 is 48.0 Å². The molecule has 3 amide bonds. The number of amides is 3. The van der Waals surface area contributed by atoms with Crippen LogP contribution in [0.2, 0.25) is 0 Å². The molecule has 4 aromatic rings. The second-order valence-corrected chi connectivity index (χ2v) is 12.4. The van der Waals surface area contributed by atoms with Gasteiger partial charge in [0.15, 0.2) is 6.10 Å².